The van der Waals surface area contributed by atoms with E-state index < -0.39 is 0 Å². The normalized spacial score (nSPS) is 12.6. The second-order valence-electron chi connectivity index (χ2n) is 5.18. The van der Waals surface area contributed by atoms with Gasteiger partial charge in [0.05, 0.1) is 11.4 Å². The van der Waals surface area contributed by atoms with Gasteiger partial charge < -0.3 is 5.32 Å². The number of nitrogens with zero attached hydrogens (tertiary/aromatic N) is 2. The number of aromatic nitrogens is 2. The quantitative estimate of drug-likeness (QED) is 0.806. The van der Waals surface area contributed by atoms with Crippen LogP contribution in [0.25, 0.3) is 0 Å². The molecule has 0 saturated carbocycles. The van der Waals surface area contributed by atoms with E-state index in [2.05, 4.69) is 53.7 Å². The van der Waals surface area contributed by atoms with E-state index in [1.54, 1.807) is 0 Å². The van der Waals surface area contributed by atoms with Crippen molar-refractivity contribution in [3.05, 3.63) is 53.3 Å². The number of rotatable bonds is 6. The molecule has 0 aliphatic heterocycles. The fourth-order valence-corrected chi connectivity index (χ4v) is 2.31. The molecule has 1 atom stereocenters. The van der Waals surface area contributed by atoms with Gasteiger partial charge in [-0.3, -0.25) is 4.68 Å². The molecule has 1 aromatic carbocycles. The van der Waals surface area contributed by atoms with Crippen LogP contribution in [0.5, 0.6) is 0 Å². The highest BCUT2D eigenvalue weighted by Crippen LogP contribution is 2.17. The van der Waals surface area contributed by atoms with Crippen LogP contribution in [-0.2, 0) is 13.6 Å². The van der Waals surface area contributed by atoms with E-state index in [1.807, 2.05) is 18.7 Å². The molecule has 0 aliphatic carbocycles. The first-order valence-corrected chi connectivity index (χ1v) is 6.92. The third kappa shape index (κ3) is 3.93. The summed E-state index contributed by atoms with van der Waals surface area (Å²) >= 11 is 0. The molecule has 102 valence electrons. The largest absolute Gasteiger partial charge is 0.311 e. The topological polar surface area (TPSA) is 29.9 Å². The minimum Gasteiger partial charge on any atom is -0.311 e. The summed E-state index contributed by atoms with van der Waals surface area (Å²) in [5.74, 6) is 0.599. The van der Waals surface area contributed by atoms with Crippen molar-refractivity contribution in [1.29, 1.82) is 0 Å². The minimum absolute atomic E-state index is 0.599. The third-order valence-corrected chi connectivity index (χ3v) is 3.53. The van der Waals surface area contributed by atoms with Gasteiger partial charge in [0.2, 0.25) is 0 Å². The SMILES string of the molecule is Cc1cc(CNCCC(C)c2ccccc2)n(C)n1. The lowest BCUT2D eigenvalue weighted by Crippen LogP contribution is -2.18. The molecule has 2 rings (SSSR count). The summed E-state index contributed by atoms with van der Waals surface area (Å²) in [7, 11) is 2.00. The molecule has 0 saturated heterocycles. The Bertz CT molecular complexity index is 502. The summed E-state index contributed by atoms with van der Waals surface area (Å²) in [5.41, 5.74) is 3.74. The van der Waals surface area contributed by atoms with Gasteiger partial charge in [0.1, 0.15) is 0 Å². The van der Waals surface area contributed by atoms with Crippen molar-refractivity contribution < 1.29 is 0 Å². The van der Waals surface area contributed by atoms with Gasteiger partial charge in [-0.15, -0.1) is 0 Å². The Kier molecular flexibility index (Phi) is 4.74. The first-order valence-electron chi connectivity index (χ1n) is 6.92. The van der Waals surface area contributed by atoms with Crippen molar-refractivity contribution in [3.8, 4) is 0 Å². The summed E-state index contributed by atoms with van der Waals surface area (Å²) in [6.07, 6.45) is 1.15. The number of benzene rings is 1. The Morgan fingerprint density at radius 3 is 2.63 bits per heavy atom. The van der Waals surface area contributed by atoms with Crippen LogP contribution in [0.1, 0.15) is 36.2 Å². The van der Waals surface area contributed by atoms with Gasteiger partial charge in [0.25, 0.3) is 0 Å². The highest BCUT2D eigenvalue weighted by Gasteiger charge is 2.05. The molecular formula is C16H23N3. The fraction of sp³-hybridized carbons (Fsp3) is 0.438. The number of hydrogen-bond acceptors (Lipinski definition) is 2. The van der Waals surface area contributed by atoms with E-state index in [0.29, 0.717) is 5.92 Å². The first-order chi connectivity index (χ1) is 9.16. The molecule has 0 fully saturated rings. The Morgan fingerprint density at radius 1 is 1.26 bits per heavy atom. The molecule has 19 heavy (non-hydrogen) atoms. The second-order valence-corrected chi connectivity index (χ2v) is 5.18. The predicted molar refractivity (Wildman–Crippen MR) is 79.1 cm³/mol. The zero-order chi connectivity index (χ0) is 13.7. The molecule has 2 aromatic rings. The molecule has 1 N–H and O–H groups in total. The van der Waals surface area contributed by atoms with Crippen LogP contribution in [0.2, 0.25) is 0 Å². The van der Waals surface area contributed by atoms with E-state index in [-0.39, 0.29) is 0 Å². The number of aryl methyl sites for hydroxylation is 2. The molecule has 3 nitrogen and oxygen atoms in total. The second kappa shape index (κ2) is 6.53. The monoisotopic (exact) mass is 257 g/mol. The maximum atomic E-state index is 4.35. The Hall–Kier alpha value is -1.61. The smallest absolute Gasteiger partial charge is 0.0597 e. The zero-order valence-electron chi connectivity index (χ0n) is 12.1. The standard InChI is InChI=1S/C16H23N3/c1-13(15-7-5-4-6-8-15)9-10-17-12-16-11-14(2)18-19(16)3/h4-8,11,13,17H,9-10,12H2,1-3H3. The van der Waals surface area contributed by atoms with Crippen molar-refractivity contribution in [3.63, 3.8) is 0 Å². The average Bonchev–Trinajstić information content (AvgIpc) is 2.74. The van der Waals surface area contributed by atoms with Gasteiger partial charge in [-0.05, 0) is 37.4 Å². The predicted octanol–water partition coefficient (Wildman–Crippen LogP) is 3.01. The Labute approximate surface area is 115 Å². The summed E-state index contributed by atoms with van der Waals surface area (Å²) < 4.78 is 1.95. The summed E-state index contributed by atoms with van der Waals surface area (Å²) in [6.45, 7) is 6.23. The molecular weight excluding hydrogens is 234 g/mol. The molecule has 0 aliphatic rings. The lowest BCUT2D eigenvalue weighted by Gasteiger charge is -2.12. The molecule has 0 amide bonds. The fourth-order valence-electron chi connectivity index (χ4n) is 2.31. The van der Waals surface area contributed by atoms with Gasteiger partial charge in [-0.1, -0.05) is 37.3 Å². The summed E-state index contributed by atoms with van der Waals surface area (Å²) in [6, 6.07) is 12.8. The number of hydrogen-bond donors (Lipinski definition) is 1. The molecule has 0 spiro atoms. The minimum atomic E-state index is 0.599. The van der Waals surface area contributed by atoms with Gasteiger partial charge in [0, 0.05) is 13.6 Å². The lowest BCUT2D eigenvalue weighted by atomic mass is 9.98. The van der Waals surface area contributed by atoms with E-state index in [9.17, 15) is 0 Å². The molecule has 1 aromatic heterocycles. The van der Waals surface area contributed by atoms with E-state index in [4.69, 9.17) is 0 Å². The van der Waals surface area contributed by atoms with E-state index in [1.165, 1.54) is 11.3 Å². The number of nitrogens with one attached hydrogen (secondary N) is 1. The molecule has 3 heteroatoms. The van der Waals surface area contributed by atoms with Crippen molar-refractivity contribution in [1.82, 2.24) is 15.1 Å². The van der Waals surface area contributed by atoms with Crippen LogP contribution in [0, 0.1) is 6.92 Å². The molecule has 1 heterocycles. The van der Waals surface area contributed by atoms with Gasteiger partial charge in [-0.2, -0.15) is 5.10 Å². The third-order valence-electron chi connectivity index (χ3n) is 3.53. The molecule has 0 bridgehead atoms. The summed E-state index contributed by atoms with van der Waals surface area (Å²) in [5, 5.41) is 7.84. The van der Waals surface area contributed by atoms with Crippen molar-refractivity contribution in [2.45, 2.75) is 32.7 Å². The highest BCUT2D eigenvalue weighted by atomic mass is 15.3. The highest BCUT2D eigenvalue weighted by molar-refractivity contribution is 5.18. The summed E-state index contributed by atoms with van der Waals surface area (Å²) in [4.78, 5) is 0. The van der Waals surface area contributed by atoms with Gasteiger partial charge in [0.15, 0.2) is 0 Å². The van der Waals surface area contributed by atoms with Crippen molar-refractivity contribution >= 4 is 0 Å². The van der Waals surface area contributed by atoms with Crippen LogP contribution in [0.4, 0.5) is 0 Å². The molecule has 0 radical (unpaired) electrons. The van der Waals surface area contributed by atoms with Crippen LogP contribution in [0.15, 0.2) is 36.4 Å². The lowest BCUT2D eigenvalue weighted by molar-refractivity contribution is 0.572. The maximum Gasteiger partial charge on any atom is 0.0597 e. The van der Waals surface area contributed by atoms with Crippen molar-refractivity contribution in [2.24, 2.45) is 7.05 Å². The average molecular weight is 257 g/mol. The van der Waals surface area contributed by atoms with Gasteiger partial charge >= 0.3 is 0 Å². The van der Waals surface area contributed by atoms with Crippen molar-refractivity contribution in [2.75, 3.05) is 6.54 Å². The zero-order valence-corrected chi connectivity index (χ0v) is 12.1. The van der Waals surface area contributed by atoms with E-state index >= 15 is 0 Å². The van der Waals surface area contributed by atoms with E-state index in [0.717, 1.165) is 25.2 Å². The van der Waals surface area contributed by atoms with Crippen LogP contribution < -0.4 is 5.32 Å². The Balaban J connectivity index is 1.74. The van der Waals surface area contributed by atoms with Crippen LogP contribution in [-0.4, -0.2) is 16.3 Å². The molecule has 1 unspecified atom stereocenters. The van der Waals surface area contributed by atoms with Crippen LogP contribution in [0.3, 0.4) is 0 Å². The van der Waals surface area contributed by atoms with Crippen LogP contribution >= 0.6 is 0 Å². The van der Waals surface area contributed by atoms with Gasteiger partial charge in [-0.25, -0.2) is 0 Å². The first kappa shape index (κ1) is 13.8. The maximum absolute atomic E-state index is 4.35. The Morgan fingerprint density at radius 2 is 2.00 bits per heavy atom.